The molecule has 0 saturated carbocycles. The summed E-state index contributed by atoms with van der Waals surface area (Å²) in [6.45, 7) is 1.95. The molecule has 1 rings (SSSR count). The summed E-state index contributed by atoms with van der Waals surface area (Å²) in [6.07, 6.45) is 1.14. The summed E-state index contributed by atoms with van der Waals surface area (Å²) in [5, 5.41) is 0. The topological polar surface area (TPSA) is 41.6 Å². The zero-order valence-corrected chi connectivity index (χ0v) is 7.21. The largest absolute Gasteiger partial charge is 0.370 e. The Kier molecular flexibility index (Phi) is 3.61. The smallest absolute Gasteiger partial charge is 0.190 e. The summed E-state index contributed by atoms with van der Waals surface area (Å²) < 4.78 is 0. The minimum atomic E-state index is 0. The van der Waals surface area contributed by atoms with E-state index in [0.29, 0.717) is 5.96 Å². The van der Waals surface area contributed by atoms with Crippen molar-refractivity contribution < 1.29 is 0 Å². The molecule has 0 aromatic rings. The summed E-state index contributed by atoms with van der Waals surface area (Å²) >= 11 is 0. The van der Waals surface area contributed by atoms with Crippen LogP contribution in [0.4, 0.5) is 0 Å². The van der Waals surface area contributed by atoms with Crippen molar-refractivity contribution in [3.8, 4) is 0 Å². The van der Waals surface area contributed by atoms with Gasteiger partial charge in [0.25, 0.3) is 0 Å². The van der Waals surface area contributed by atoms with Crippen molar-refractivity contribution >= 4 is 22.9 Å². The Morgan fingerprint density at radius 3 is 2.67 bits per heavy atom. The van der Waals surface area contributed by atoms with Crippen LogP contribution in [0.1, 0.15) is 6.42 Å². The molecule has 2 N–H and O–H groups in total. The van der Waals surface area contributed by atoms with Crippen molar-refractivity contribution in [1.82, 2.24) is 4.90 Å². The fourth-order valence-corrected chi connectivity index (χ4v) is 0.737. The first kappa shape index (κ1) is 8.75. The Labute approximate surface area is 65.7 Å². The average Bonchev–Trinajstić information content (AvgIpc) is 1.77. The quantitative estimate of drug-likeness (QED) is 0.599. The van der Waals surface area contributed by atoms with Gasteiger partial charge in [-0.15, -0.1) is 17.0 Å². The molecule has 9 heavy (non-hydrogen) atoms. The lowest BCUT2D eigenvalue weighted by Crippen LogP contribution is -2.37. The highest BCUT2D eigenvalue weighted by molar-refractivity contribution is 8.93. The normalized spacial score (nSPS) is 18.3. The van der Waals surface area contributed by atoms with E-state index in [4.69, 9.17) is 5.73 Å². The molecule has 1 heterocycles. The molecule has 0 aromatic heterocycles. The number of nitrogens with zero attached hydrogens (tertiary/aromatic N) is 2. The predicted octanol–water partition coefficient (Wildman–Crippen LogP) is 0.215. The Hall–Kier alpha value is -0.250. The molecule has 0 saturated heterocycles. The van der Waals surface area contributed by atoms with Gasteiger partial charge in [-0.25, -0.2) is 0 Å². The minimum Gasteiger partial charge on any atom is -0.370 e. The molecule has 0 radical (unpaired) electrons. The third-order valence-electron chi connectivity index (χ3n) is 1.32. The lowest BCUT2D eigenvalue weighted by molar-refractivity contribution is 0.461. The van der Waals surface area contributed by atoms with Crippen molar-refractivity contribution in [2.24, 2.45) is 10.7 Å². The number of halogens is 1. The van der Waals surface area contributed by atoms with E-state index in [9.17, 15) is 0 Å². The molecule has 0 aliphatic carbocycles. The zero-order valence-electron chi connectivity index (χ0n) is 5.50. The van der Waals surface area contributed by atoms with Crippen molar-refractivity contribution in [3.05, 3.63) is 0 Å². The van der Waals surface area contributed by atoms with Gasteiger partial charge in [-0.3, -0.25) is 4.99 Å². The van der Waals surface area contributed by atoms with E-state index in [1.807, 2.05) is 11.9 Å². The lowest BCUT2D eigenvalue weighted by Gasteiger charge is -2.20. The highest BCUT2D eigenvalue weighted by atomic mass is 79.9. The van der Waals surface area contributed by atoms with Gasteiger partial charge in [-0.05, 0) is 6.42 Å². The number of hydrogen-bond acceptors (Lipinski definition) is 3. The van der Waals surface area contributed by atoms with E-state index in [-0.39, 0.29) is 17.0 Å². The zero-order chi connectivity index (χ0) is 5.98. The molecular formula is C5H12BrN3. The Balaban J connectivity index is 0.000000640. The van der Waals surface area contributed by atoms with Crippen molar-refractivity contribution in [3.63, 3.8) is 0 Å². The van der Waals surface area contributed by atoms with Gasteiger partial charge >= 0.3 is 0 Å². The molecule has 3 nitrogen and oxygen atoms in total. The summed E-state index contributed by atoms with van der Waals surface area (Å²) in [6, 6.07) is 0. The maximum Gasteiger partial charge on any atom is 0.190 e. The van der Waals surface area contributed by atoms with Crippen LogP contribution < -0.4 is 5.73 Å². The predicted molar refractivity (Wildman–Crippen MR) is 44.1 cm³/mol. The molecule has 1 aliphatic rings. The van der Waals surface area contributed by atoms with Crippen LogP contribution in [0.2, 0.25) is 0 Å². The second kappa shape index (κ2) is 3.71. The van der Waals surface area contributed by atoms with E-state index < -0.39 is 0 Å². The highest BCUT2D eigenvalue weighted by Gasteiger charge is 2.04. The third-order valence-corrected chi connectivity index (χ3v) is 1.32. The van der Waals surface area contributed by atoms with Crippen molar-refractivity contribution in [1.29, 1.82) is 0 Å². The van der Waals surface area contributed by atoms with Crippen LogP contribution >= 0.6 is 17.0 Å². The van der Waals surface area contributed by atoms with Gasteiger partial charge in [0.2, 0.25) is 0 Å². The second-order valence-electron chi connectivity index (χ2n) is 2.02. The SMILES string of the molecule is Br.CN1CCCN=C1N. The van der Waals surface area contributed by atoms with Crippen LogP contribution in [0.3, 0.4) is 0 Å². The van der Waals surface area contributed by atoms with Crippen LogP contribution in [-0.4, -0.2) is 31.0 Å². The molecule has 0 spiro atoms. The lowest BCUT2D eigenvalue weighted by atomic mass is 10.4. The van der Waals surface area contributed by atoms with Gasteiger partial charge in [0.15, 0.2) is 5.96 Å². The number of hydrogen-bond donors (Lipinski definition) is 1. The first-order valence-corrected chi connectivity index (χ1v) is 2.82. The maximum absolute atomic E-state index is 5.45. The summed E-state index contributed by atoms with van der Waals surface area (Å²) in [5.74, 6) is 0.677. The van der Waals surface area contributed by atoms with E-state index in [0.717, 1.165) is 19.5 Å². The minimum absolute atomic E-state index is 0. The highest BCUT2D eigenvalue weighted by Crippen LogP contribution is 1.94. The van der Waals surface area contributed by atoms with Crippen LogP contribution in [0.5, 0.6) is 0 Å². The fourth-order valence-electron chi connectivity index (χ4n) is 0.737. The van der Waals surface area contributed by atoms with E-state index in [1.54, 1.807) is 0 Å². The Bertz CT molecular complexity index is 113. The molecule has 4 heteroatoms. The van der Waals surface area contributed by atoms with Gasteiger partial charge in [-0.2, -0.15) is 0 Å². The molecule has 0 unspecified atom stereocenters. The number of guanidine groups is 1. The number of rotatable bonds is 0. The van der Waals surface area contributed by atoms with Gasteiger partial charge < -0.3 is 10.6 Å². The first-order valence-electron chi connectivity index (χ1n) is 2.82. The summed E-state index contributed by atoms with van der Waals surface area (Å²) in [4.78, 5) is 5.99. The monoisotopic (exact) mass is 193 g/mol. The Morgan fingerprint density at radius 2 is 2.33 bits per heavy atom. The molecule has 0 amide bonds. The van der Waals surface area contributed by atoms with Crippen LogP contribution in [0.25, 0.3) is 0 Å². The fraction of sp³-hybridized carbons (Fsp3) is 0.800. The molecule has 0 fully saturated rings. The van der Waals surface area contributed by atoms with Crippen molar-refractivity contribution in [2.45, 2.75) is 6.42 Å². The van der Waals surface area contributed by atoms with E-state index in [2.05, 4.69) is 4.99 Å². The number of nitrogens with two attached hydrogens (primary N) is 1. The van der Waals surface area contributed by atoms with E-state index in [1.165, 1.54) is 0 Å². The number of aliphatic imine (C=N–C) groups is 1. The second-order valence-corrected chi connectivity index (χ2v) is 2.02. The van der Waals surface area contributed by atoms with E-state index >= 15 is 0 Å². The van der Waals surface area contributed by atoms with Crippen LogP contribution in [-0.2, 0) is 0 Å². The summed E-state index contributed by atoms with van der Waals surface area (Å²) in [5.41, 5.74) is 5.45. The third kappa shape index (κ3) is 2.22. The summed E-state index contributed by atoms with van der Waals surface area (Å²) in [7, 11) is 1.96. The molecule has 0 atom stereocenters. The first-order chi connectivity index (χ1) is 3.80. The van der Waals surface area contributed by atoms with Crippen LogP contribution in [0.15, 0.2) is 4.99 Å². The van der Waals surface area contributed by atoms with Gasteiger partial charge in [-0.1, -0.05) is 0 Å². The molecule has 0 aromatic carbocycles. The standard InChI is InChI=1S/C5H11N3.BrH/c1-8-4-2-3-7-5(8)6;/h2-4H2,1H3,(H2,6,7);1H. The van der Waals surface area contributed by atoms with Gasteiger partial charge in [0.05, 0.1) is 0 Å². The van der Waals surface area contributed by atoms with Gasteiger partial charge in [0.1, 0.15) is 0 Å². The van der Waals surface area contributed by atoms with Crippen molar-refractivity contribution in [2.75, 3.05) is 20.1 Å². The average molecular weight is 194 g/mol. The van der Waals surface area contributed by atoms with Gasteiger partial charge in [0, 0.05) is 20.1 Å². The molecular weight excluding hydrogens is 182 g/mol. The molecule has 54 valence electrons. The Morgan fingerprint density at radius 1 is 1.67 bits per heavy atom. The molecule has 1 aliphatic heterocycles. The molecule has 0 bridgehead atoms. The van der Waals surface area contributed by atoms with Crippen LogP contribution in [0, 0.1) is 0 Å². The maximum atomic E-state index is 5.45.